The summed E-state index contributed by atoms with van der Waals surface area (Å²) in [6.45, 7) is 5.99. The van der Waals surface area contributed by atoms with Gasteiger partial charge in [0.1, 0.15) is 11.4 Å². The van der Waals surface area contributed by atoms with Gasteiger partial charge in [0, 0.05) is 23.2 Å². The first-order chi connectivity index (χ1) is 10.9. The van der Waals surface area contributed by atoms with Crippen molar-refractivity contribution in [1.29, 1.82) is 0 Å². The normalized spacial score (nSPS) is 17.9. The number of ether oxygens (including phenoxy) is 1. The van der Waals surface area contributed by atoms with Crippen LogP contribution in [0.15, 0.2) is 42.5 Å². The Morgan fingerprint density at radius 3 is 2.67 bits per heavy atom. The highest BCUT2D eigenvalue weighted by atomic mass is 35.5. The van der Waals surface area contributed by atoms with E-state index < -0.39 is 0 Å². The summed E-state index contributed by atoms with van der Waals surface area (Å²) in [6, 6.07) is 13.0. The smallest absolute Gasteiger partial charge is 0.252 e. The van der Waals surface area contributed by atoms with Crippen LogP contribution in [0.4, 0.5) is 5.69 Å². The maximum Gasteiger partial charge on any atom is 0.252 e. The van der Waals surface area contributed by atoms with E-state index in [2.05, 4.69) is 5.32 Å². The Balaban J connectivity index is 0.00000208. The fourth-order valence-corrected chi connectivity index (χ4v) is 3.07. The van der Waals surface area contributed by atoms with E-state index in [0.29, 0.717) is 17.7 Å². The summed E-state index contributed by atoms with van der Waals surface area (Å²) in [6.07, 6.45) is 0.696. The molecule has 0 saturated heterocycles. The van der Waals surface area contributed by atoms with E-state index in [1.165, 1.54) is 0 Å². The Bertz CT molecular complexity index is 759. The fraction of sp³-hybridized carbons (Fsp3) is 0.316. The molecule has 0 fully saturated rings. The van der Waals surface area contributed by atoms with Crippen molar-refractivity contribution in [3.63, 3.8) is 0 Å². The van der Waals surface area contributed by atoms with Gasteiger partial charge in [0.05, 0.1) is 6.04 Å². The number of fused-ring (bicyclic) bond motifs is 1. The molecule has 0 aliphatic carbocycles. The van der Waals surface area contributed by atoms with E-state index in [-0.39, 0.29) is 30.0 Å². The van der Waals surface area contributed by atoms with Crippen molar-refractivity contribution >= 4 is 24.0 Å². The van der Waals surface area contributed by atoms with Gasteiger partial charge in [-0.15, -0.1) is 12.4 Å². The predicted molar refractivity (Wildman–Crippen MR) is 98.8 cm³/mol. The molecule has 1 aliphatic rings. The Labute approximate surface area is 148 Å². The molecule has 1 unspecified atom stereocenters. The van der Waals surface area contributed by atoms with Gasteiger partial charge < -0.3 is 15.8 Å². The molecule has 2 aromatic rings. The molecule has 0 aromatic heterocycles. The molecular weight excluding hydrogens is 324 g/mol. The number of nitrogens with two attached hydrogens (primary N) is 1. The van der Waals surface area contributed by atoms with Gasteiger partial charge >= 0.3 is 0 Å². The zero-order valence-electron chi connectivity index (χ0n) is 14.1. The van der Waals surface area contributed by atoms with Gasteiger partial charge in [0.15, 0.2) is 0 Å². The van der Waals surface area contributed by atoms with Crippen molar-refractivity contribution in [2.75, 3.05) is 5.73 Å². The third-order valence-corrected chi connectivity index (χ3v) is 4.19. The second-order valence-corrected chi connectivity index (χ2v) is 6.70. The quantitative estimate of drug-likeness (QED) is 0.807. The molecule has 0 saturated carbocycles. The number of hydrogen-bond acceptors (Lipinski definition) is 3. The zero-order valence-corrected chi connectivity index (χ0v) is 14.9. The summed E-state index contributed by atoms with van der Waals surface area (Å²) in [4.78, 5) is 12.7. The van der Waals surface area contributed by atoms with Crippen molar-refractivity contribution in [3.8, 4) is 5.75 Å². The summed E-state index contributed by atoms with van der Waals surface area (Å²) in [5.74, 6) is 0.713. The lowest BCUT2D eigenvalue weighted by Crippen LogP contribution is -2.41. The van der Waals surface area contributed by atoms with Crippen LogP contribution in [0, 0.1) is 6.92 Å². The largest absolute Gasteiger partial charge is 0.487 e. The first kappa shape index (κ1) is 18.1. The van der Waals surface area contributed by atoms with Crippen molar-refractivity contribution in [1.82, 2.24) is 5.32 Å². The molecule has 4 nitrogen and oxygen atoms in total. The van der Waals surface area contributed by atoms with Gasteiger partial charge in [-0.2, -0.15) is 0 Å². The standard InChI is InChI=1S/C19H22N2O2.ClH/c1-12-6-4-5-7-14(12)18(22)21-16-11-19(2,3)23-17-9-8-13(20)10-15(16)17;/h4-10,16H,11,20H2,1-3H3,(H,21,22);1H. The second-order valence-electron chi connectivity index (χ2n) is 6.70. The number of rotatable bonds is 2. The maximum atomic E-state index is 12.7. The van der Waals surface area contributed by atoms with Crippen molar-refractivity contribution in [2.24, 2.45) is 0 Å². The molecule has 5 heteroatoms. The second kappa shape index (κ2) is 6.73. The highest BCUT2D eigenvalue weighted by molar-refractivity contribution is 5.95. The van der Waals surface area contributed by atoms with Crippen LogP contribution in [0.3, 0.4) is 0 Å². The molecule has 0 radical (unpaired) electrons. The fourth-order valence-electron chi connectivity index (χ4n) is 3.07. The van der Waals surface area contributed by atoms with Crippen molar-refractivity contribution in [3.05, 3.63) is 59.2 Å². The van der Waals surface area contributed by atoms with Gasteiger partial charge in [-0.05, 0) is 50.6 Å². The van der Waals surface area contributed by atoms with Crippen LogP contribution >= 0.6 is 12.4 Å². The number of anilines is 1. The summed E-state index contributed by atoms with van der Waals surface area (Å²) in [7, 11) is 0. The van der Waals surface area contributed by atoms with Crippen molar-refractivity contribution < 1.29 is 9.53 Å². The highest BCUT2D eigenvalue weighted by Crippen LogP contribution is 2.40. The van der Waals surface area contributed by atoms with E-state index in [1.54, 1.807) is 0 Å². The monoisotopic (exact) mass is 346 g/mol. The molecule has 2 aromatic carbocycles. The molecule has 3 rings (SSSR count). The summed E-state index contributed by atoms with van der Waals surface area (Å²) in [5, 5.41) is 3.14. The molecule has 0 spiro atoms. The third-order valence-electron chi connectivity index (χ3n) is 4.19. The summed E-state index contributed by atoms with van der Waals surface area (Å²) < 4.78 is 6.01. The van der Waals surface area contributed by atoms with Gasteiger partial charge in [0.25, 0.3) is 5.91 Å². The van der Waals surface area contributed by atoms with E-state index in [4.69, 9.17) is 10.5 Å². The number of hydrogen-bond donors (Lipinski definition) is 2. The number of halogens is 1. The molecule has 0 bridgehead atoms. The first-order valence-electron chi connectivity index (χ1n) is 7.81. The van der Waals surface area contributed by atoms with E-state index in [9.17, 15) is 4.79 Å². The van der Waals surface area contributed by atoms with Crippen LogP contribution in [0.5, 0.6) is 5.75 Å². The lowest BCUT2D eigenvalue weighted by molar-refractivity contribution is 0.0620. The molecular formula is C19H23ClN2O2. The number of nitrogen functional groups attached to an aromatic ring is 1. The lowest BCUT2D eigenvalue weighted by Gasteiger charge is -2.38. The van der Waals surface area contributed by atoms with E-state index >= 15 is 0 Å². The maximum absolute atomic E-state index is 12.7. The van der Waals surface area contributed by atoms with Crippen LogP contribution in [-0.4, -0.2) is 11.5 Å². The van der Waals surface area contributed by atoms with Gasteiger partial charge in [-0.25, -0.2) is 0 Å². The Kier molecular flexibility index (Phi) is 5.09. The van der Waals surface area contributed by atoms with Crippen LogP contribution in [0.2, 0.25) is 0 Å². The molecule has 1 aliphatic heterocycles. The number of aryl methyl sites for hydroxylation is 1. The predicted octanol–water partition coefficient (Wildman–Crippen LogP) is 4.03. The highest BCUT2D eigenvalue weighted by Gasteiger charge is 2.34. The first-order valence-corrected chi connectivity index (χ1v) is 7.81. The molecule has 128 valence electrons. The minimum absolute atomic E-state index is 0. The van der Waals surface area contributed by atoms with E-state index in [1.807, 2.05) is 63.2 Å². The Morgan fingerprint density at radius 2 is 1.96 bits per heavy atom. The lowest BCUT2D eigenvalue weighted by atomic mass is 9.89. The number of amides is 1. The molecule has 1 atom stereocenters. The van der Waals surface area contributed by atoms with Crippen LogP contribution in [0.25, 0.3) is 0 Å². The Hall–Kier alpha value is -2.20. The minimum Gasteiger partial charge on any atom is -0.487 e. The van der Waals surface area contributed by atoms with Crippen LogP contribution in [-0.2, 0) is 0 Å². The number of nitrogens with one attached hydrogen (secondary N) is 1. The van der Waals surface area contributed by atoms with Gasteiger partial charge in [-0.1, -0.05) is 18.2 Å². The number of carbonyl (C=O) groups is 1. The molecule has 1 amide bonds. The minimum atomic E-state index is -0.340. The van der Waals surface area contributed by atoms with Crippen LogP contribution < -0.4 is 15.8 Å². The SMILES string of the molecule is Cc1ccccc1C(=O)NC1CC(C)(C)Oc2ccc(N)cc21.Cl. The third kappa shape index (κ3) is 3.65. The van der Waals surface area contributed by atoms with Crippen molar-refractivity contribution in [2.45, 2.75) is 38.8 Å². The number of benzene rings is 2. The van der Waals surface area contributed by atoms with Crippen LogP contribution in [0.1, 0.15) is 47.8 Å². The van der Waals surface area contributed by atoms with Gasteiger partial charge in [-0.3, -0.25) is 4.79 Å². The average molecular weight is 347 g/mol. The average Bonchev–Trinajstić information content (AvgIpc) is 2.47. The topological polar surface area (TPSA) is 64.3 Å². The van der Waals surface area contributed by atoms with Gasteiger partial charge in [0.2, 0.25) is 0 Å². The molecule has 3 N–H and O–H groups in total. The molecule has 24 heavy (non-hydrogen) atoms. The number of carbonyl (C=O) groups excluding carboxylic acids is 1. The van der Waals surface area contributed by atoms with E-state index in [0.717, 1.165) is 16.9 Å². The summed E-state index contributed by atoms with van der Waals surface area (Å²) >= 11 is 0. The summed E-state index contributed by atoms with van der Waals surface area (Å²) in [5.41, 5.74) is 8.83. The zero-order chi connectivity index (χ0) is 16.6. The Morgan fingerprint density at radius 1 is 1.25 bits per heavy atom. The molecule has 1 heterocycles.